The molecule has 0 spiro atoms. The lowest BCUT2D eigenvalue weighted by molar-refractivity contribution is -0.146. The van der Waals surface area contributed by atoms with Gasteiger partial charge in [-0.15, -0.1) is 0 Å². The van der Waals surface area contributed by atoms with Crippen molar-refractivity contribution < 1.29 is 38.4 Å². The highest BCUT2D eigenvalue weighted by Gasteiger charge is 2.29. The van der Waals surface area contributed by atoms with Gasteiger partial charge in [0.15, 0.2) is 0 Å². The zero-order valence-electron chi connectivity index (χ0n) is 25.6. The van der Waals surface area contributed by atoms with Crippen molar-refractivity contribution >= 4 is 17.8 Å². The molecule has 0 radical (unpaired) electrons. The van der Waals surface area contributed by atoms with Crippen LogP contribution >= 0.6 is 0 Å². The minimum absolute atomic E-state index is 0.0312. The zero-order chi connectivity index (χ0) is 32.3. The quantitative estimate of drug-likeness (QED) is 0.127. The van der Waals surface area contributed by atoms with E-state index in [4.69, 9.17) is 18.9 Å². The molecular formula is C37H37NO8. The maximum absolute atomic E-state index is 13.2. The molecule has 46 heavy (non-hydrogen) atoms. The Morgan fingerprint density at radius 1 is 0.783 bits per heavy atom. The third kappa shape index (κ3) is 8.65. The predicted octanol–water partition coefficient (Wildman–Crippen LogP) is 6.55. The summed E-state index contributed by atoms with van der Waals surface area (Å²) in [7, 11) is 1.35. The Labute approximate surface area is 268 Å². The van der Waals surface area contributed by atoms with E-state index >= 15 is 0 Å². The van der Waals surface area contributed by atoms with E-state index in [1.807, 2.05) is 30.3 Å². The number of aromatic carboxylic acids is 1. The molecule has 1 aliphatic rings. The number of carboxylic acid groups (broad SMARTS) is 1. The topological polar surface area (TPSA) is 120 Å². The average molecular weight is 624 g/mol. The van der Waals surface area contributed by atoms with Crippen LogP contribution in [0.5, 0.6) is 17.2 Å². The van der Waals surface area contributed by atoms with E-state index in [0.29, 0.717) is 37.4 Å². The molecule has 2 atom stereocenters. The summed E-state index contributed by atoms with van der Waals surface area (Å²) in [6, 6.07) is 29.7. The second-order valence-electron chi connectivity index (χ2n) is 11.1. The largest absolute Gasteiger partial charge is 0.490 e. The smallest absolute Gasteiger partial charge is 0.335 e. The van der Waals surface area contributed by atoms with Crippen LogP contribution in [0.15, 0.2) is 97.1 Å². The molecule has 9 heteroatoms. The number of ether oxygens (including phenoxy) is 4. The molecule has 2 unspecified atom stereocenters. The molecule has 1 saturated carbocycles. The first-order valence-corrected chi connectivity index (χ1v) is 15.3. The van der Waals surface area contributed by atoms with Gasteiger partial charge in [-0.25, -0.2) is 4.79 Å². The summed E-state index contributed by atoms with van der Waals surface area (Å²) >= 11 is 0. The SMILES string of the molecule is COC(=O)C1CCCC(NC(=O)c2cc(C(=O)O)ccc2OCCOc2ccc(OCc3ccc(-c4ccccc4)cc3)cc2)C1. The van der Waals surface area contributed by atoms with Crippen molar-refractivity contribution in [1.29, 1.82) is 0 Å². The fourth-order valence-corrected chi connectivity index (χ4v) is 5.47. The number of hydrogen-bond donors (Lipinski definition) is 2. The summed E-state index contributed by atoms with van der Waals surface area (Å²) in [4.78, 5) is 36.8. The average Bonchev–Trinajstić information content (AvgIpc) is 3.10. The molecule has 1 aliphatic carbocycles. The van der Waals surface area contributed by atoms with Gasteiger partial charge in [-0.05, 0) is 78.4 Å². The number of nitrogens with one attached hydrogen (secondary N) is 1. The molecule has 4 aromatic rings. The van der Waals surface area contributed by atoms with Crippen LogP contribution in [0.1, 0.15) is 52.0 Å². The summed E-state index contributed by atoms with van der Waals surface area (Å²) in [5.74, 6) is -0.603. The molecule has 2 N–H and O–H groups in total. The van der Waals surface area contributed by atoms with Gasteiger partial charge < -0.3 is 29.4 Å². The number of benzene rings is 4. The Kier molecular flexibility index (Phi) is 10.9. The van der Waals surface area contributed by atoms with E-state index in [1.54, 1.807) is 12.1 Å². The van der Waals surface area contributed by atoms with Gasteiger partial charge in [0.2, 0.25) is 0 Å². The number of carboxylic acids is 1. The maximum Gasteiger partial charge on any atom is 0.335 e. The van der Waals surface area contributed by atoms with E-state index < -0.39 is 11.9 Å². The first-order chi connectivity index (χ1) is 22.4. The first kappa shape index (κ1) is 32.1. The lowest BCUT2D eigenvalue weighted by atomic mass is 9.85. The number of carbonyl (C=O) groups excluding carboxylic acids is 2. The molecule has 0 bridgehead atoms. The summed E-state index contributed by atoms with van der Waals surface area (Å²) in [6.45, 7) is 0.753. The highest BCUT2D eigenvalue weighted by Crippen LogP contribution is 2.27. The zero-order valence-corrected chi connectivity index (χ0v) is 25.6. The minimum atomic E-state index is -1.15. The first-order valence-electron chi connectivity index (χ1n) is 15.3. The van der Waals surface area contributed by atoms with E-state index in [1.165, 1.54) is 30.9 Å². The molecule has 238 valence electrons. The molecule has 1 amide bonds. The second-order valence-corrected chi connectivity index (χ2v) is 11.1. The van der Waals surface area contributed by atoms with Crippen LogP contribution in [-0.4, -0.2) is 49.3 Å². The van der Waals surface area contributed by atoms with Crippen LogP contribution in [0.4, 0.5) is 0 Å². The summed E-state index contributed by atoms with van der Waals surface area (Å²) < 4.78 is 22.5. The van der Waals surface area contributed by atoms with Crippen molar-refractivity contribution in [2.24, 2.45) is 5.92 Å². The molecule has 0 heterocycles. The number of hydrogen-bond acceptors (Lipinski definition) is 7. The van der Waals surface area contributed by atoms with Gasteiger partial charge in [0, 0.05) is 6.04 Å². The van der Waals surface area contributed by atoms with Gasteiger partial charge in [-0.3, -0.25) is 9.59 Å². The number of amides is 1. The standard InChI is InChI=1S/C37H37NO8/c1-43-37(42)29-8-5-9-30(22-29)38-35(39)33-23-28(36(40)41)14-19-34(33)45-21-20-44-31-15-17-32(18-16-31)46-24-25-10-12-27(13-11-25)26-6-3-2-4-7-26/h2-4,6-7,10-19,23,29-30H,5,8-9,20-22,24H2,1H3,(H,38,39)(H,40,41). The van der Waals surface area contributed by atoms with E-state index in [-0.39, 0.29) is 48.0 Å². The number of rotatable bonds is 13. The van der Waals surface area contributed by atoms with Crippen LogP contribution in [0.25, 0.3) is 11.1 Å². The molecule has 0 saturated heterocycles. The third-order valence-electron chi connectivity index (χ3n) is 7.92. The molecular weight excluding hydrogens is 586 g/mol. The van der Waals surface area contributed by atoms with Gasteiger partial charge in [-0.2, -0.15) is 0 Å². The Morgan fingerprint density at radius 2 is 1.46 bits per heavy atom. The molecule has 9 nitrogen and oxygen atoms in total. The molecule has 1 fully saturated rings. The van der Waals surface area contributed by atoms with Gasteiger partial charge in [0.1, 0.15) is 37.1 Å². The molecule has 5 rings (SSSR count). The van der Waals surface area contributed by atoms with Gasteiger partial charge in [0.05, 0.1) is 24.2 Å². The summed E-state index contributed by atoms with van der Waals surface area (Å²) in [5.41, 5.74) is 3.46. The lowest BCUT2D eigenvalue weighted by Gasteiger charge is -2.28. The van der Waals surface area contributed by atoms with Crippen molar-refractivity contribution in [3.63, 3.8) is 0 Å². The Hall–Kier alpha value is -5.31. The van der Waals surface area contributed by atoms with Crippen LogP contribution in [0.3, 0.4) is 0 Å². The second kappa shape index (κ2) is 15.6. The maximum atomic E-state index is 13.2. The molecule has 4 aromatic carbocycles. The van der Waals surface area contributed by atoms with Crippen molar-refractivity contribution in [1.82, 2.24) is 5.32 Å². The lowest BCUT2D eigenvalue weighted by Crippen LogP contribution is -2.40. The van der Waals surface area contributed by atoms with Gasteiger partial charge in [0.25, 0.3) is 5.91 Å². The summed E-state index contributed by atoms with van der Waals surface area (Å²) in [6.07, 6.45) is 2.67. The van der Waals surface area contributed by atoms with E-state index in [2.05, 4.69) is 41.7 Å². The van der Waals surface area contributed by atoms with Crippen LogP contribution < -0.4 is 19.5 Å². The highest BCUT2D eigenvalue weighted by molar-refractivity contribution is 6.00. The van der Waals surface area contributed by atoms with Crippen LogP contribution in [-0.2, 0) is 16.1 Å². The van der Waals surface area contributed by atoms with Crippen LogP contribution in [0, 0.1) is 5.92 Å². The van der Waals surface area contributed by atoms with Crippen LogP contribution in [0.2, 0.25) is 0 Å². The Balaban J connectivity index is 1.11. The van der Waals surface area contributed by atoms with Crippen molar-refractivity contribution in [3.8, 4) is 28.4 Å². The van der Waals surface area contributed by atoms with Crippen molar-refractivity contribution in [3.05, 3.63) is 114 Å². The van der Waals surface area contributed by atoms with Gasteiger partial charge in [-0.1, -0.05) is 61.0 Å². The fourth-order valence-electron chi connectivity index (χ4n) is 5.47. The van der Waals surface area contributed by atoms with E-state index in [0.717, 1.165) is 17.5 Å². The predicted molar refractivity (Wildman–Crippen MR) is 172 cm³/mol. The van der Waals surface area contributed by atoms with E-state index in [9.17, 15) is 19.5 Å². The van der Waals surface area contributed by atoms with Crippen molar-refractivity contribution in [2.45, 2.75) is 38.3 Å². The summed E-state index contributed by atoms with van der Waals surface area (Å²) in [5, 5.41) is 12.4. The highest BCUT2D eigenvalue weighted by atomic mass is 16.5. The normalized spacial score (nSPS) is 15.8. The Morgan fingerprint density at radius 3 is 2.15 bits per heavy atom. The third-order valence-corrected chi connectivity index (χ3v) is 7.92. The number of esters is 1. The molecule has 0 aliphatic heterocycles. The number of methoxy groups -OCH3 is 1. The molecule has 0 aromatic heterocycles. The fraction of sp³-hybridized carbons (Fsp3) is 0.270. The minimum Gasteiger partial charge on any atom is -0.490 e. The number of carbonyl (C=O) groups is 3. The van der Waals surface area contributed by atoms with Crippen molar-refractivity contribution in [2.75, 3.05) is 20.3 Å². The monoisotopic (exact) mass is 623 g/mol. The van der Waals surface area contributed by atoms with Gasteiger partial charge >= 0.3 is 11.9 Å². The Bertz CT molecular complexity index is 1620.